The van der Waals surface area contributed by atoms with E-state index in [2.05, 4.69) is 4.79 Å². The number of nitrogens with zero attached hydrogens (tertiary/aromatic N) is 2. The lowest BCUT2D eigenvalue weighted by atomic mass is 10.2. The third-order valence-corrected chi connectivity index (χ3v) is 0.680. The van der Waals surface area contributed by atoms with Gasteiger partial charge in [-0.2, -0.15) is 4.79 Å². The molecule has 0 aromatic heterocycles. The van der Waals surface area contributed by atoms with Crippen molar-refractivity contribution in [1.82, 2.24) is 0 Å². The first kappa shape index (κ1) is 6.85. The van der Waals surface area contributed by atoms with Crippen molar-refractivity contribution in [3.63, 3.8) is 0 Å². The smallest absolute Gasteiger partial charge is 0.317 e. The van der Waals surface area contributed by atoms with E-state index in [1.807, 2.05) is 0 Å². The Morgan fingerprint density at radius 3 is 2.62 bits per heavy atom. The summed E-state index contributed by atoms with van der Waals surface area (Å²) in [6.07, 6.45) is 0.947. The SMILES string of the molecule is CC(C=[N+]=[N-])C(=O)O. The van der Waals surface area contributed by atoms with Crippen LogP contribution in [-0.2, 0) is 4.79 Å². The Morgan fingerprint density at radius 1 is 2.00 bits per heavy atom. The van der Waals surface area contributed by atoms with Gasteiger partial charge in [-0.1, -0.05) is 0 Å². The minimum absolute atomic E-state index is 0.708. The summed E-state index contributed by atoms with van der Waals surface area (Å²) in [7, 11) is 0. The third-order valence-electron chi connectivity index (χ3n) is 0.680. The average molecular weight is 114 g/mol. The molecule has 0 radical (unpaired) electrons. The Kier molecular flexibility index (Phi) is 2.51. The van der Waals surface area contributed by atoms with E-state index in [0.29, 0.717) is 0 Å². The molecule has 0 heterocycles. The highest BCUT2D eigenvalue weighted by Gasteiger charge is 2.10. The molecule has 8 heavy (non-hydrogen) atoms. The molecule has 0 saturated carbocycles. The molecule has 1 atom stereocenters. The van der Waals surface area contributed by atoms with Gasteiger partial charge in [0.15, 0.2) is 0 Å². The predicted octanol–water partition coefficient (Wildman–Crippen LogP) is 0.00770. The zero-order valence-electron chi connectivity index (χ0n) is 4.40. The van der Waals surface area contributed by atoms with Gasteiger partial charge in [-0.3, -0.25) is 4.79 Å². The fourth-order valence-corrected chi connectivity index (χ4v) is 0.164. The quantitative estimate of drug-likeness (QED) is 0.312. The second-order valence-electron chi connectivity index (χ2n) is 1.39. The van der Waals surface area contributed by atoms with E-state index in [0.717, 1.165) is 6.21 Å². The molecule has 0 aliphatic carbocycles. The highest BCUT2D eigenvalue weighted by Crippen LogP contribution is 1.85. The zero-order valence-corrected chi connectivity index (χ0v) is 4.40. The monoisotopic (exact) mass is 114 g/mol. The van der Waals surface area contributed by atoms with Gasteiger partial charge in [0.2, 0.25) is 0 Å². The molecule has 0 aromatic carbocycles. The lowest BCUT2D eigenvalue weighted by molar-refractivity contribution is -0.139. The predicted molar refractivity (Wildman–Crippen MR) is 26.5 cm³/mol. The molecule has 44 valence electrons. The largest absolute Gasteiger partial charge is 0.481 e. The van der Waals surface area contributed by atoms with Crippen LogP contribution in [0.25, 0.3) is 5.53 Å². The van der Waals surface area contributed by atoms with Crippen LogP contribution in [0.15, 0.2) is 0 Å². The highest BCUT2D eigenvalue weighted by molar-refractivity contribution is 5.85. The van der Waals surface area contributed by atoms with Crippen molar-refractivity contribution < 1.29 is 14.7 Å². The molecule has 0 bridgehead atoms. The summed E-state index contributed by atoms with van der Waals surface area (Å²) in [5.41, 5.74) is 7.79. The van der Waals surface area contributed by atoms with Gasteiger partial charge in [0.1, 0.15) is 5.92 Å². The second-order valence-corrected chi connectivity index (χ2v) is 1.39. The zero-order chi connectivity index (χ0) is 6.57. The Bertz CT molecular complexity index is 135. The molecular formula is C4H6N2O2. The highest BCUT2D eigenvalue weighted by atomic mass is 16.4. The normalized spacial score (nSPS) is 11.6. The van der Waals surface area contributed by atoms with Crippen molar-refractivity contribution in [1.29, 1.82) is 0 Å². The van der Waals surface area contributed by atoms with Crippen LogP contribution in [0.2, 0.25) is 0 Å². The molecule has 0 fully saturated rings. The van der Waals surface area contributed by atoms with Gasteiger partial charge >= 0.3 is 5.97 Å². The molecule has 1 unspecified atom stereocenters. The first-order valence-corrected chi connectivity index (χ1v) is 2.09. The molecule has 0 aromatic rings. The number of carbonyl (C=O) groups is 1. The summed E-state index contributed by atoms with van der Waals surface area (Å²) in [6, 6.07) is 0. The Balaban J connectivity index is 3.82. The lowest BCUT2D eigenvalue weighted by Gasteiger charge is -1.85. The summed E-state index contributed by atoms with van der Waals surface area (Å²) in [4.78, 5) is 12.4. The van der Waals surface area contributed by atoms with Gasteiger partial charge in [-0.05, 0) is 6.92 Å². The van der Waals surface area contributed by atoms with Gasteiger partial charge in [0, 0.05) is 0 Å². The van der Waals surface area contributed by atoms with E-state index < -0.39 is 11.9 Å². The van der Waals surface area contributed by atoms with Crippen LogP contribution in [0.1, 0.15) is 6.92 Å². The van der Waals surface area contributed by atoms with E-state index >= 15 is 0 Å². The van der Waals surface area contributed by atoms with E-state index in [1.54, 1.807) is 0 Å². The number of hydrogen-bond donors (Lipinski definition) is 1. The average Bonchev–Trinajstić information content (AvgIpc) is 1.67. The maximum Gasteiger partial charge on any atom is 0.317 e. The Morgan fingerprint density at radius 2 is 2.50 bits per heavy atom. The number of carboxylic acids is 1. The molecule has 0 aliphatic rings. The minimum atomic E-state index is -0.997. The fourth-order valence-electron chi connectivity index (χ4n) is 0.164. The van der Waals surface area contributed by atoms with Crippen LogP contribution in [0.3, 0.4) is 0 Å². The van der Waals surface area contributed by atoms with Crippen molar-refractivity contribution in [2.45, 2.75) is 6.92 Å². The minimum Gasteiger partial charge on any atom is -0.481 e. The first-order chi connectivity index (χ1) is 3.68. The maximum absolute atomic E-state index is 9.89. The summed E-state index contributed by atoms with van der Waals surface area (Å²) in [6.45, 7) is 1.42. The van der Waals surface area contributed by atoms with Crippen molar-refractivity contribution in [2.75, 3.05) is 0 Å². The molecule has 4 nitrogen and oxygen atoms in total. The summed E-state index contributed by atoms with van der Waals surface area (Å²) in [5.74, 6) is -1.71. The van der Waals surface area contributed by atoms with Crippen molar-refractivity contribution in [3.05, 3.63) is 5.53 Å². The molecular weight excluding hydrogens is 108 g/mol. The van der Waals surface area contributed by atoms with Gasteiger partial charge in [-0.25, -0.2) is 0 Å². The van der Waals surface area contributed by atoms with E-state index in [1.165, 1.54) is 6.92 Å². The van der Waals surface area contributed by atoms with E-state index in [-0.39, 0.29) is 0 Å². The summed E-state index contributed by atoms with van der Waals surface area (Å²) >= 11 is 0. The van der Waals surface area contributed by atoms with Crippen LogP contribution in [-0.4, -0.2) is 22.1 Å². The molecule has 0 spiro atoms. The third kappa shape index (κ3) is 2.10. The van der Waals surface area contributed by atoms with Gasteiger partial charge in [-0.15, -0.1) is 0 Å². The van der Waals surface area contributed by atoms with Crippen molar-refractivity contribution in [3.8, 4) is 0 Å². The fraction of sp³-hybridized carbons (Fsp3) is 0.500. The maximum atomic E-state index is 9.89. The molecule has 4 heteroatoms. The van der Waals surface area contributed by atoms with E-state index in [4.69, 9.17) is 10.6 Å². The van der Waals surface area contributed by atoms with Crippen molar-refractivity contribution >= 4 is 12.2 Å². The first-order valence-electron chi connectivity index (χ1n) is 2.09. The topological polar surface area (TPSA) is 73.7 Å². The second kappa shape index (κ2) is 2.93. The van der Waals surface area contributed by atoms with Crippen LogP contribution >= 0.6 is 0 Å². The van der Waals surface area contributed by atoms with Gasteiger partial charge in [0.05, 0.1) is 0 Å². The Hall–Kier alpha value is -1.15. The standard InChI is InChI=1S/C4H6N2O2/c1-3(2-6-5)4(7)8/h2-3H,1H3,(H,7,8). The number of carboxylic acid groups (broad SMARTS) is 1. The molecule has 0 saturated heterocycles. The number of rotatable bonds is 2. The summed E-state index contributed by atoms with van der Waals surface area (Å²) < 4.78 is 0. The molecule has 0 rings (SSSR count). The lowest BCUT2D eigenvalue weighted by Crippen LogP contribution is -2.10. The van der Waals surface area contributed by atoms with Crippen LogP contribution in [0.4, 0.5) is 0 Å². The van der Waals surface area contributed by atoms with Gasteiger partial charge in [0.25, 0.3) is 6.21 Å². The van der Waals surface area contributed by atoms with Crippen molar-refractivity contribution in [2.24, 2.45) is 5.92 Å². The van der Waals surface area contributed by atoms with Crippen LogP contribution in [0, 0.1) is 5.92 Å². The van der Waals surface area contributed by atoms with E-state index in [9.17, 15) is 4.79 Å². The number of aliphatic carboxylic acids is 1. The molecule has 0 amide bonds. The van der Waals surface area contributed by atoms with Crippen LogP contribution < -0.4 is 0 Å². The number of hydrogen-bond acceptors (Lipinski definition) is 1. The Labute approximate surface area is 46.4 Å². The summed E-state index contributed by atoms with van der Waals surface area (Å²) in [5, 5.41) is 8.11. The van der Waals surface area contributed by atoms with Crippen LogP contribution in [0.5, 0.6) is 0 Å². The van der Waals surface area contributed by atoms with Gasteiger partial charge < -0.3 is 10.6 Å². The molecule has 0 aliphatic heterocycles. The molecule has 1 N–H and O–H groups in total.